The molecule has 1 aliphatic rings. The molecule has 0 fully saturated rings. The van der Waals surface area contributed by atoms with Gasteiger partial charge in [0.15, 0.2) is 0 Å². The number of anilines is 1. The Bertz CT molecular complexity index is 670. The minimum atomic E-state index is -0.122. The van der Waals surface area contributed by atoms with E-state index in [-0.39, 0.29) is 12.0 Å². The van der Waals surface area contributed by atoms with E-state index in [1.54, 1.807) is 12.1 Å². The lowest BCUT2D eigenvalue weighted by Crippen LogP contribution is -2.49. The van der Waals surface area contributed by atoms with Crippen molar-refractivity contribution in [3.63, 3.8) is 0 Å². The molecule has 2 aromatic carbocycles. The number of halogens is 1. The molecule has 1 aliphatic heterocycles. The van der Waals surface area contributed by atoms with E-state index in [2.05, 4.69) is 54.8 Å². The first-order valence-electron chi connectivity index (χ1n) is 8.52. The van der Waals surface area contributed by atoms with Gasteiger partial charge in [0.25, 0.3) is 0 Å². The van der Waals surface area contributed by atoms with Crippen LogP contribution in [0.1, 0.15) is 44.5 Å². The molecule has 0 amide bonds. The highest BCUT2D eigenvalue weighted by atomic mass is 19.1. The van der Waals surface area contributed by atoms with Gasteiger partial charge in [0, 0.05) is 30.4 Å². The zero-order valence-corrected chi connectivity index (χ0v) is 14.2. The second-order valence-electron chi connectivity index (χ2n) is 6.24. The lowest BCUT2D eigenvalue weighted by molar-refractivity contribution is 0.114. The van der Waals surface area contributed by atoms with Gasteiger partial charge in [0.05, 0.1) is 0 Å². The molecule has 2 aromatic rings. The van der Waals surface area contributed by atoms with Crippen molar-refractivity contribution in [2.75, 3.05) is 11.4 Å². The molecule has 0 saturated heterocycles. The summed E-state index contributed by atoms with van der Waals surface area (Å²) in [6.45, 7) is 8.28. The normalized spacial score (nSPS) is 19.5. The van der Waals surface area contributed by atoms with Crippen LogP contribution in [0.15, 0.2) is 48.5 Å². The monoisotopic (exact) mass is 312 g/mol. The summed E-state index contributed by atoms with van der Waals surface area (Å²) in [7, 11) is 0. The van der Waals surface area contributed by atoms with Crippen LogP contribution in [0.5, 0.6) is 0 Å². The maximum Gasteiger partial charge on any atom is 0.129 e. The molecule has 1 heterocycles. The Hall–Kier alpha value is -1.87. The van der Waals surface area contributed by atoms with E-state index in [1.807, 2.05) is 12.1 Å². The van der Waals surface area contributed by atoms with Crippen LogP contribution in [0.25, 0.3) is 0 Å². The fraction of sp³-hybridized carbons (Fsp3) is 0.400. The van der Waals surface area contributed by atoms with Crippen LogP contribution in [0.4, 0.5) is 10.1 Å². The average molecular weight is 312 g/mol. The lowest BCUT2D eigenvalue weighted by atomic mass is 9.99. The van der Waals surface area contributed by atoms with Crippen molar-refractivity contribution in [3.8, 4) is 0 Å². The molecule has 122 valence electrons. The van der Waals surface area contributed by atoms with E-state index in [4.69, 9.17) is 0 Å². The van der Waals surface area contributed by atoms with Crippen molar-refractivity contribution in [3.05, 3.63) is 65.5 Å². The van der Waals surface area contributed by atoms with Gasteiger partial charge in [0.1, 0.15) is 12.0 Å². The summed E-state index contributed by atoms with van der Waals surface area (Å²) in [5.41, 5.74) is 3.31. The number of hydrogen-bond donors (Lipinski definition) is 0. The smallest absolute Gasteiger partial charge is 0.129 e. The number of benzene rings is 2. The number of para-hydroxylation sites is 1. The van der Waals surface area contributed by atoms with Gasteiger partial charge >= 0.3 is 0 Å². The third-order valence-corrected chi connectivity index (χ3v) is 4.94. The summed E-state index contributed by atoms with van der Waals surface area (Å²) in [5.74, 6) is -0.122. The average Bonchev–Trinajstić information content (AvgIpc) is 2.60. The summed E-state index contributed by atoms with van der Waals surface area (Å²) in [6, 6.07) is 16.1. The minimum Gasteiger partial charge on any atom is -0.352 e. The standard InChI is InChI=1S/C20H25FN2/c1-4-15(3)23-14-16-10-6-9-13-19(16)22(5-2)20(23)17-11-7-8-12-18(17)21/h6-13,15,20H,4-5,14H2,1-3H3. The fourth-order valence-corrected chi connectivity index (χ4v) is 3.52. The van der Waals surface area contributed by atoms with Crippen LogP contribution in [-0.2, 0) is 6.54 Å². The Morgan fingerprint density at radius 2 is 1.78 bits per heavy atom. The molecule has 0 saturated carbocycles. The van der Waals surface area contributed by atoms with Gasteiger partial charge in [-0.05, 0) is 38.0 Å². The summed E-state index contributed by atoms with van der Waals surface area (Å²) < 4.78 is 14.5. The highest BCUT2D eigenvalue weighted by Gasteiger charge is 2.35. The third-order valence-electron chi connectivity index (χ3n) is 4.94. The van der Waals surface area contributed by atoms with Crippen LogP contribution >= 0.6 is 0 Å². The van der Waals surface area contributed by atoms with Gasteiger partial charge < -0.3 is 4.90 Å². The maximum absolute atomic E-state index is 14.5. The van der Waals surface area contributed by atoms with Crippen molar-refractivity contribution in [2.45, 2.75) is 45.9 Å². The first-order chi connectivity index (χ1) is 11.2. The highest BCUT2D eigenvalue weighted by molar-refractivity contribution is 5.57. The van der Waals surface area contributed by atoms with Gasteiger partial charge in [0.2, 0.25) is 0 Å². The Labute approximate surface area is 138 Å². The van der Waals surface area contributed by atoms with E-state index in [1.165, 1.54) is 11.3 Å². The van der Waals surface area contributed by atoms with Gasteiger partial charge in [-0.25, -0.2) is 4.39 Å². The van der Waals surface area contributed by atoms with Crippen molar-refractivity contribution < 1.29 is 4.39 Å². The summed E-state index contributed by atoms with van der Waals surface area (Å²) in [5, 5.41) is 0. The van der Waals surface area contributed by atoms with Crippen molar-refractivity contribution in [1.29, 1.82) is 0 Å². The molecule has 2 atom stereocenters. The molecule has 2 unspecified atom stereocenters. The molecule has 3 heteroatoms. The maximum atomic E-state index is 14.5. The number of hydrogen-bond acceptors (Lipinski definition) is 2. The topological polar surface area (TPSA) is 6.48 Å². The molecule has 0 radical (unpaired) electrons. The van der Waals surface area contributed by atoms with Gasteiger partial charge in [-0.15, -0.1) is 0 Å². The van der Waals surface area contributed by atoms with Crippen LogP contribution in [-0.4, -0.2) is 17.5 Å². The minimum absolute atomic E-state index is 0.0500. The van der Waals surface area contributed by atoms with Crippen LogP contribution in [0.3, 0.4) is 0 Å². The molecule has 0 bridgehead atoms. The molecule has 2 nitrogen and oxygen atoms in total. The number of rotatable bonds is 4. The lowest BCUT2D eigenvalue weighted by Gasteiger charge is -2.48. The summed E-state index contributed by atoms with van der Waals surface area (Å²) in [6.07, 6.45) is 0.996. The Morgan fingerprint density at radius 3 is 2.48 bits per heavy atom. The van der Waals surface area contributed by atoms with E-state index >= 15 is 0 Å². The van der Waals surface area contributed by atoms with Gasteiger partial charge in [-0.1, -0.05) is 43.3 Å². The Kier molecular flexibility index (Phi) is 4.67. The first-order valence-corrected chi connectivity index (χ1v) is 8.52. The van der Waals surface area contributed by atoms with Crippen molar-refractivity contribution in [1.82, 2.24) is 4.90 Å². The first kappa shape index (κ1) is 16.0. The van der Waals surface area contributed by atoms with Gasteiger partial charge in [-0.2, -0.15) is 0 Å². The number of nitrogens with zero attached hydrogens (tertiary/aromatic N) is 2. The van der Waals surface area contributed by atoms with E-state index < -0.39 is 0 Å². The van der Waals surface area contributed by atoms with E-state index in [0.717, 1.165) is 25.1 Å². The zero-order valence-electron chi connectivity index (χ0n) is 14.2. The molecule has 0 spiro atoms. The molecule has 0 N–H and O–H groups in total. The summed E-state index contributed by atoms with van der Waals surface area (Å²) in [4.78, 5) is 4.74. The largest absolute Gasteiger partial charge is 0.352 e. The van der Waals surface area contributed by atoms with Crippen LogP contribution < -0.4 is 4.90 Å². The summed E-state index contributed by atoms with van der Waals surface area (Å²) >= 11 is 0. The van der Waals surface area contributed by atoms with Crippen molar-refractivity contribution in [2.24, 2.45) is 0 Å². The van der Waals surface area contributed by atoms with E-state index in [9.17, 15) is 4.39 Å². The Balaban J connectivity index is 2.14. The predicted octanol–water partition coefficient (Wildman–Crippen LogP) is 4.96. The zero-order chi connectivity index (χ0) is 16.4. The van der Waals surface area contributed by atoms with Gasteiger partial charge in [-0.3, -0.25) is 4.90 Å². The van der Waals surface area contributed by atoms with Crippen molar-refractivity contribution >= 4 is 5.69 Å². The third kappa shape index (κ3) is 2.86. The predicted molar refractivity (Wildman–Crippen MR) is 93.9 cm³/mol. The molecule has 0 aliphatic carbocycles. The van der Waals surface area contributed by atoms with Crippen LogP contribution in [0, 0.1) is 5.82 Å². The Morgan fingerprint density at radius 1 is 1.09 bits per heavy atom. The quantitative estimate of drug-likeness (QED) is 0.787. The second-order valence-corrected chi connectivity index (χ2v) is 6.24. The SMILES string of the molecule is CCC(C)N1Cc2ccccc2N(CC)C1c1ccccc1F. The molecular formula is C20H25FN2. The molecule has 0 aromatic heterocycles. The molecule has 3 rings (SSSR count). The second kappa shape index (κ2) is 6.71. The fourth-order valence-electron chi connectivity index (χ4n) is 3.52. The van der Waals surface area contributed by atoms with E-state index in [0.29, 0.717) is 6.04 Å². The molecule has 23 heavy (non-hydrogen) atoms. The van der Waals surface area contributed by atoms with Crippen LogP contribution in [0.2, 0.25) is 0 Å². The highest BCUT2D eigenvalue weighted by Crippen LogP contribution is 2.40. The molecular weight excluding hydrogens is 287 g/mol. The number of fused-ring (bicyclic) bond motifs is 1.